The highest BCUT2D eigenvalue weighted by Gasteiger charge is 2.62. The van der Waals surface area contributed by atoms with E-state index in [1.54, 1.807) is 7.05 Å². The molecule has 3 nitrogen and oxygen atoms in total. The molecule has 0 fully saturated rings. The molecule has 2 aromatic rings. The van der Waals surface area contributed by atoms with E-state index in [1.807, 2.05) is 0 Å². The van der Waals surface area contributed by atoms with Gasteiger partial charge in [0.25, 0.3) is 0 Å². The molecule has 0 saturated heterocycles. The Kier molecular flexibility index (Phi) is 4.84. The average Bonchev–Trinajstić information content (AvgIpc) is 2.69. The minimum atomic E-state index is -4.48. The van der Waals surface area contributed by atoms with Crippen LogP contribution in [0.1, 0.15) is 35.1 Å². The molecule has 1 aliphatic rings. The molecule has 0 heterocycles. The summed E-state index contributed by atoms with van der Waals surface area (Å²) in [5.74, 6) is -9.96. The van der Waals surface area contributed by atoms with E-state index in [-0.39, 0.29) is 28.3 Å². The van der Waals surface area contributed by atoms with Crippen molar-refractivity contribution in [3.8, 4) is 0 Å². The monoisotopic (exact) mass is 401 g/mol. The highest BCUT2D eigenvalue weighted by atomic mass is 32.2. The van der Waals surface area contributed by atoms with Crippen molar-refractivity contribution in [1.29, 1.82) is 0 Å². The van der Waals surface area contributed by atoms with Gasteiger partial charge in [-0.25, -0.2) is 8.42 Å². The molecule has 1 atom stereocenters. The summed E-state index contributed by atoms with van der Waals surface area (Å²) in [6, 6.07) is 8.10. The van der Waals surface area contributed by atoms with E-state index in [2.05, 4.69) is 5.32 Å². The van der Waals surface area contributed by atoms with E-state index < -0.39 is 38.7 Å². The third-order valence-electron chi connectivity index (χ3n) is 4.95. The maximum absolute atomic E-state index is 14.9. The third kappa shape index (κ3) is 2.95. The van der Waals surface area contributed by atoms with E-state index in [1.165, 1.54) is 25.1 Å². The fourth-order valence-electron chi connectivity index (χ4n) is 3.49. The molecule has 0 amide bonds. The number of hydrogen-bond acceptors (Lipinski definition) is 3. The Morgan fingerprint density at radius 3 is 2.15 bits per heavy atom. The Bertz CT molecular complexity index is 973. The second-order valence-electron chi connectivity index (χ2n) is 6.50. The largest absolute Gasteiger partial charge is 0.340 e. The minimum Gasteiger partial charge on any atom is -0.319 e. The van der Waals surface area contributed by atoms with Crippen LogP contribution in [0.25, 0.3) is 0 Å². The molecule has 27 heavy (non-hydrogen) atoms. The van der Waals surface area contributed by atoms with Crippen LogP contribution in [0.4, 0.5) is 17.6 Å². The molecular formula is C19H19F4NO2S. The summed E-state index contributed by atoms with van der Waals surface area (Å²) in [5.41, 5.74) is -1.64. The van der Waals surface area contributed by atoms with Crippen molar-refractivity contribution in [1.82, 2.24) is 5.32 Å². The Morgan fingerprint density at radius 1 is 0.963 bits per heavy atom. The molecule has 0 aliphatic heterocycles. The molecule has 0 spiro atoms. The SMILES string of the molecule is CCS(=O)(=O)c1ccc2c(c1)C(CNC)c1ccccc1C(F)(F)C2(F)F. The molecule has 8 heteroatoms. The third-order valence-corrected chi connectivity index (χ3v) is 6.69. The Balaban J connectivity index is 2.40. The quantitative estimate of drug-likeness (QED) is 0.787. The molecule has 1 unspecified atom stereocenters. The summed E-state index contributed by atoms with van der Waals surface area (Å²) < 4.78 is 84.0. The summed E-state index contributed by atoms with van der Waals surface area (Å²) in [6.45, 7) is 1.54. The predicted octanol–water partition coefficient (Wildman–Crippen LogP) is 4.03. The first-order chi connectivity index (χ1) is 12.6. The van der Waals surface area contributed by atoms with Gasteiger partial charge in [-0.15, -0.1) is 0 Å². The maximum Gasteiger partial charge on any atom is 0.340 e. The minimum absolute atomic E-state index is 0.0568. The molecule has 0 saturated carbocycles. The number of likely N-dealkylation sites (N-methyl/N-ethyl adjacent to an activating group) is 1. The van der Waals surface area contributed by atoms with Gasteiger partial charge in [-0.3, -0.25) is 0 Å². The van der Waals surface area contributed by atoms with Crippen LogP contribution in [-0.4, -0.2) is 27.8 Å². The lowest BCUT2D eigenvalue weighted by atomic mass is 9.88. The van der Waals surface area contributed by atoms with Crippen LogP contribution in [0.3, 0.4) is 0 Å². The lowest BCUT2D eigenvalue weighted by Crippen LogP contribution is -2.35. The highest BCUT2D eigenvalue weighted by Crippen LogP contribution is 2.56. The smallest absolute Gasteiger partial charge is 0.319 e. The number of alkyl halides is 4. The fourth-order valence-corrected chi connectivity index (χ4v) is 4.41. The molecule has 0 bridgehead atoms. The van der Waals surface area contributed by atoms with Gasteiger partial charge in [-0.1, -0.05) is 37.3 Å². The lowest BCUT2D eigenvalue weighted by Gasteiger charge is -2.27. The highest BCUT2D eigenvalue weighted by molar-refractivity contribution is 7.91. The Labute approximate surface area is 155 Å². The topological polar surface area (TPSA) is 46.2 Å². The van der Waals surface area contributed by atoms with E-state index in [0.717, 1.165) is 24.3 Å². The van der Waals surface area contributed by atoms with Crippen molar-refractivity contribution in [2.24, 2.45) is 0 Å². The van der Waals surface area contributed by atoms with Gasteiger partial charge in [-0.05, 0) is 30.3 Å². The first-order valence-electron chi connectivity index (χ1n) is 8.44. The van der Waals surface area contributed by atoms with Crippen molar-refractivity contribution in [2.45, 2.75) is 29.6 Å². The molecule has 3 rings (SSSR count). The second-order valence-corrected chi connectivity index (χ2v) is 8.78. The summed E-state index contributed by atoms with van der Waals surface area (Å²) in [6.07, 6.45) is 0. The average molecular weight is 401 g/mol. The summed E-state index contributed by atoms with van der Waals surface area (Å²) in [4.78, 5) is -0.150. The van der Waals surface area contributed by atoms with Gasteiger partial charge in [0.15, 0.2) is 9.84 Å². The molecule has 1 aliphatic carbocycles. The van der Waals surface area contributed by atoms with E-state index in [0.29, 0.717) is 0 Å². The first-order valence-corrected chi connectivity index (χ1v) is 10.1. The van der Waals surface area contributed by atoms with Gasteiger partial charge in [0.2, 0.25) is 0 Å². The fraction of sp³-hybridized carbons (Fsp3) is 0.368. The molecule has 2 aromatic carbocycles. The van der Waals surface area contributed by atoms with Crippen LogP contribution >= 0.6 is 0 Å². The zero-order valence-electron chi connectivity index (χ0n) is 14.8. The first kappa shape index (κ1) is 19.8. The van der Waals surface area contributed by atoms with Gasteiger partial charge in [0, 0.05) is 23.6 Å². The number of sulfone groups is 1. The van der Waals surface area contributed by atoms with E-state index >= 15 is 0 Å². The zero-order valence-corrected chi connectivity index (χ0v) is 15.6. The van der Waals surface area contributed by atoms with Gasteiger partial charge < -0.3 is 5.32 Å². The van der Waals surface area contributed by atoms with Crippen LogP contribution < -0.4 is 5.32 Å². The van der Waals surface area contributed by atoms with Gasteiger partial charge in [-0.2, -0.15) is 17.6 Å². The molecule has 0 radical (unpaired) electrons. The van der Waals surface area contributed by atoms with Crippen molar-refractivity contribution < 1.29 is 26.0 Å². The summed E-state index contributed by atoms with van der Waals surface area (Å²) >= 11 is 0. The predicted molar refractivity (Wildman–Crippen MR) is 94.2 cm³/mol. The number of rotatable bonds is 4. The van der Waals surface area contributed by atoms with Crippen molar-refractivity contribution >= 4 is 9.84 Å². The number of hydrogen-bond donors (Lipinski definition) is 1. The number of benzene rings is 2. The van der Waals surface area contributed by atoms with Crippen molar-refractivity contribution in [2.75, 3.05) is 19.3 Å². The Morgan fingerprint density at radius 2 is 1.56 bits per heavy atom. The Hall–Kier alpha value is -1.93. The van der Waals surface area contributed by atoms with Gasteiger partial charge >= 0.3 is 11.8 Å². The van der Waals surface area contributed by atoms with Gasteiger partial charge in [0.05, 0.1) is 10.6 Å². The number of nitrogens with one attached hydrogen (secondary N) is 1. The molecule has 1 N–H and O–H groups in total. The van der Waals surface area contributed by atoms with Crippen LogP contribution in [0.5, 0.6) is 0 Å². The number of halogens is 4. The van der Waals surface area contributed by atoms with E-state index in [4.69, 9.17) is 0 Å². The van der Waals surface area contributed by atoms with Crippen LogP contribution in [0, 0.1) is 0 Å². The van der Waals surface area contributed by atoms with Crippen molar-refractivity contribution in [3.05, 3.63) is 64.7 Å². The van der Waals surface area contributed by atoms with E-state index in [9.17, 15) is 26.0 Å². The zero-order chi connectivity index (χ0) is 20.0. The summed E-state index contributed by atoms with van der Waals surface area (Å²) in [7, 11) is -2.10. The standard InChI is InChI=1S/C19H19F4NO2S/c1-3-27(25,26)12-8-9-17-14(10-12)15(11-24-2)13-6-4-5-7-16(13)18(20,21)19(17,22)23/h4-10,15,24H,3,11H2,1-2H3. The molecule has 0 aromatic heterocycles. The maximum atomic E-state index is 14.9. The summed E-state index contributed by atoms with van der Waals surface area (Å²) in [5, 5.41) is 2.83. The molecular weight excluding hydrogens is 382 g/mol. The van der Waals surface area contributed by atoms with Gasteiger partial charge in [0.1, 0.15) is 0 Å². The molecule has 146 valence electrons. The van der Waals surface area contributed by atoms with Crippen LogP contribution in [-0.2, 0) is 21.7 Å². The second kappa shape index (κ2) is 6.60. The normalized spacial score (nSPS) is 20.4. The van der Waals surface area contributed by atoms with Crippen LogP contribution in [0.2, 0.25) is 0 Å². The number of fused-ring (bicyclic) bond motifs is 2. The van der Waals surface area contributed by atoms with Crippen LogP contribution in [0.15, 0.2) is 47.4 Å². The van der Waals surface area contributed by atoms with Crippen molar-refractivity contribution in [3.63, 3.8) is 0 Å². The lowest BCUT2D eigenvalue weighted by molar-refractivity contribution is -0.223.